The number of rotatable bonds is 16. The predicted octanol–water partition coefficient (Wildman–Crippen LogP) is 3.52. The highest BCUT2D eigenvalue weighted by atomic mass is 16.6. The minimum absolute atomic E-state index is 0.0268. The third-order valence-corrected chi connectivity index (χ3v) is 5.58. The molecule has 0 unspecified atom stereocenters. The van der Waals surface area contributed by atoms with Crippen LogP contribution >= 0.6 is 0 Å². The fourth-order valence-corrected chi connectivity index (χ4v) is 3.82. The number of nitrogens with zero attached hydrogens (tertiary/aromatic N) is 2. The molecule has 0 spiro atoms. The van der Waals surface area contributed by atoms with Crippen molar-refractivity contribution in [2.75, 3.05) is 66.1 Å². The van der Waals surface area contributed by atoms with Crippen molar-refractivity contribution in [1.29, 1.82) is 0 Å². The second-order valence-corrected chi connectivity index (χ2v) is 8.17. The molecule has 0 bridgehead atoms. The largest absolute Gasteiger partial charge is 0.475 e. The van der Waals surface area contributed by atoms with Crippen LogP contribution in [-0.4, -0.2) is 86.1 Å². The summed E-state index contributed by atoms with van der Waals surface area (Å²) in [6.45, 7) is 6.17. The second-order valence-electron chi connectivity index (χ2n) is 8.17. The molecule has 0 amide bonds. The van der Waals surface area contributed by atoms with Crippen LogP contribution in [0.3, 0.4) is 0 Å². The molecule has 0 fully saturated rings. The molecule has 3 heterocycles. The van der Waals surface area contributed by atoms with Gasteiger partial charge >= 0.3 is 0 Å². The summed E-state index contributed by atoms with van der Waals surface area (Å²) >= 11 is 0. The van der Waals surface area contributed by atoms with Crippen molar-refractivity contribution in [1.82, 2.24) is 15.0 Å². The molecule has 0 aliphatic rings. The number of pyridine rings is 2. The smallest absolute Gasteiger partial charge is 0.216 e. The Hall–Kier alpha value is -3.08. The van der Waals surface area contributed by atoms with E-state index in [0.717, 1.165) is 38.5 Å². The molecule has 36 heavy (non-hydrogen) atoms. The zero-order chi connectivity index (χ0) is 25.0. The zero-order valence-electron chi connectivity index (χ0n) is 20.6. The summed E-state index contributed by atoms with van der Waals surface area (Å²) in [5.41, 5.74) is 5.25. The van der Waals surface area contributed by atoms with Gasteiger partial charge < -0.3 is 33.8 Å². The average Bonchev–Trinajstić information content (AvgIpc) is 3.27. The van der Waals surface area contributed by atoms with E-state index < -0.39 is 0 Å². The Morgan fingerprint density at radius 1 is 0.722 bits per heavy atom. The molecule has 0 aliphatic heterocycles. The number of aromatic nitrogens is 3. The van der Waals surface area contributed by atoms with Crippen LogP contribution < -0.4 is 4.74 Å². The number of fused-ring (bicyclic) bond motifs is 3. The number of aryl methyl sites for hydroxylation is 1. The van der Waals surface area contributed by atoms with E-state index in [-0.39, 0.29) is 6.61 Å². The quantitative estimate of drug-likeness (QED) is 0.227. The SMILES string of the molecule is Cc1cc(-c2ccc3c(c2)[nH]c2ccncc23)cnc1OCCOCCOCCOCCOCCO. The van der Waals surface area contributed by atoms with Crippen molar-refractivity contribution in [3.05, 3.63) is 54.5 Å². The highest BCUT2D eigenvalue weighted by Gasteiger charge is 2.09. The van der Waals surface area contributed by atoms with E-state index in [9.17, 15) is 0 Å². The molecule has 4 rings (SSSR count). The van der Waals surface area contributed by atoms with Gasteiger partial charge in [0.2, 0.25) is 5.88 Å². The normalized spacial score (nSPS) is 11.5. The van der Waals surface area contributed by atoms with Crippen molar-refractivity contribution in [2.45, 2.75) is 6.92 Å². The summed E-state index contributed by atoms with van der Waals surface area (Å²) in [7, 11) is 0. The summed E-state index contributed by atoms with van der Waals surface area (Å²) in [5, 5.41) is 10.9. The minimum atomic E-state index is 0.0268. The first-order chi connectivity index (χ1) is 17.8. The third-order valence-electron chi connectivity index (χ3n) is 5.58. The Bertz CT molecular complexity index is 1230. The van der Waals surface area contributed by atoms with Crippen LogP contribution in [0.15, 0.2) is 48.9 Å². The van der Waals surface area contributed by atoms with Gasteiger partial charge in [0, 0.05) is 51.5 Å². The number of benzene rings is 1. The Morgan fingerprint density at radius 2 is 1.42 bits per heavy atom. The standard InChI is InChI=1S/C27H33N3O6/c1-20-16-22(21-2-3-23-24-19-28-5-4-25(24)30-26(23)17-21)18-29-27(20)36-15-14-35-13-12-34-11-10-33-9-8-32-7-6-31/h2-5,16-19,30-31H,6-15H2,1H3. The van der Waals surface area contributed by atoms with Crippen molar-refractivity contribution in [3.8, 4) is 17.0 Å². The maximum Gasteiger partial charge on any atom is 0.216 e. The number of ether oxygens (including phenoxy) is 5. The number of hydrogen-bond acceptors (Lipinski definition) is 8. The van der Waals surface area contributed by atoms with Crippen molar-refractivity contribution in [2.24, 2.45) is 0 Å². The highest BCUT2D eigenvalue weighted by Crippen LogP contribution is 2.30. The Labute approximate surface area is 210 Å². The van der Waals surface area contributed by atoms with Crippen molar-refractivity contribution >= 4 is 21.8 Å². The summed E-state index contributed by atoms with van der Waals surface area (Å²) in [6, 6.07) is 10.4. The van der Waals surface area contributed by atoms with Crippen LogP contribution in [0.25, 0.3) is 32.9 Å². The molecule has 9 heteroatoms. The van der Waals surface area contributed by atoms with Gasteiger partial charge in [0.15, 0.2) is 0 Å². The molecule has 192 valence electrons. The van der Waals surface area contributed by atoms with Crippen LogP contribution in [0.1, 0.15) is 5.56 Å². The van der Waals surface area contributed by atoms with Gasteiger partial charge in [-0.2, -0.15) is 0 Å². The van der Waals surface area contributed by atoms with Crippen LogP contribution in [0.4, 0.5) is 0 Å². The number of aliphatic hydroxyl groups is 1. The fourth-order valence-electron chi connectivity index (χ4n) is 3.82. The molecule has 0 saturated carbocycles. The van der Waals surface area contributed by atoms with Gasteiger partial charge in [-0.25, -0.2) is 4.98 Å². The monoisotopic (exact) mass is 495 g/mol. The summed E-state index contributed by atoms with van der Waals surface area (Å²) in [6.07, 6.45) is 5.52. The van der Waals surface area contributed by atoms with Gasteiger partial charge in [-0.1, -0.05) is 12.1 Å². The van der Waals surface area contributed by atoms with E-state index in [1.807, 2.05) is 25.4 Å². The first kappa shape index (κ1) is 26.0. The van der Waals surface area contributed by atoms with E-state index in [1.165, 1.54) is 0 Å². The molecular weight excluding hydrogens is 462 g/mol. The summed E-state index contributed by atoms with van der Waals surface area (Å²) in [4.78, 5) is 12.2. The first-order valence-electron chi connectivity index (χ1n) is 12.1. The van der Waals surface area contributed by atoms with Gasteiger partial charge in [0.25, 0.3) is 0 Å². The van der Waals surface area contributed by atoms with E-state index in [2.05, 4.69) is 39.2 Å². The topological polar surface area (TPSA) is 108 Å². The zero-order valence-corrected chi connectivity index (χ0v) is 20.6. The molecule has 0 aliphatic carbocycles. The van der Waals surface area contributed by atoms with E-state index >= 15 is 0 Å². The molecule has 4 aromatic rings. The number of aliphatic hydroxyl groups excluding tert-OH is 1. The molecule has 0 saturated heterocycles. The van der Waals surface area contributed by atoms with Crippen LogP contribution in [0, 0.1) is 6.92 Å². The van der Waals surface area contributed by atoms with Gasteiger partial charge in [-0.3, -0.25) is 4.98 Å². The summed E-state index contributed by atoms with van der Waals surface area (Å²) in [5.74, 6) is 0.608. The van der Waals surface area contributed by atoms with Gasteiger partial charge in [-0.15, -0.1) is 0 Å². The lowest BCUT2D eigenvalue weighted by molar-refractivity contribution is -0.00791. The Kier molecular flexibility index (Phi) is 10.0. The highest BCUT2D eigenvalue weighted by molar-refractivity contribution is 6.07. The predicted molar refractivity (Wildman–Crippen MR) is 137 cm³/mol. The Balaban J connectivity index is 1.14. The lowest BCUT2D eigenvalue weighted by Crippen LogP contribution is -2.14. The van der Waals surface area contributed by atoms with Gasteiger partial charge in [-0.05, 0) is 30.7 Å². The molecule has 0 atom stereocenters. The van der Waals surface area contributed by atoms with Crippen LogP contribution in [0.5, 0.6) is 5.88 Å². The van der Waals surface area contributed by atoms with Gasteiger partial charge in [0.1, 0.15) is 6.61 Å². The molecule has 3 aromatic heterocycles. The number of aromatic amines is 1. The van der Waals surface area contributed by atoms with Gasteiger partial charge in [0.05, 0.1) is 59.5 Å². The molecule has 2 N–H and O–H groups in total. The first-order valence-corrected chi connectivity index (χ1v) is 12.1. The molecular formula is C27H33N3O6. The van der Waals surface area contributed by atoms with Crippen LogP contribution in [0.2, 0.25) is 0 Å². The van der Waals surface area contributed by atoms with E-state index in [0.29, 0.717) is 65.3 Å². The third kappa shape index (κ3) is 7.22. The average molecular weight is 496 g/mol. The maximum atomic E-state index is 8.60. The van der Waals surface area contributed by atoms with Crippen LogP contribution in [-0.2, 0) is 18.9 Å². The second kappa shape index (κ2) is 13.9. The minimum Gasteiger partial charge on any atom is -0.475 e. The lowest BCUT2D eigenvalue weighted by atomic mass is 10.0. The van der Waals surface area contributed by atoms with E-state index in [1.54, 1.807) is 6.20 Å². The Morgan fingerprint density at radius 3 is 2.11 bits per heavy atom. The fraction of sp³-hybridized carbons (Fsp3) is 0.407. The molecule has 9 nitrogen and oxygen atoms in total. The number of nitrogens with one attached hydrogen (secondary N) is 1. The summed E-state index contributed by atoms with van der Waals surface area (Å²) < 4.78 is 27.3. The lowest BCUT2D eigenvalue weighted by Gasteiger charge is -2.10. The maximum absolute atomic E-state index is 8.60. The van der Waals surface area contributed by atoms with E-state index in [4.69, 9.17) is 28.8 Å². The number of H-pyrrole nitrogens is 1. The number of hydrogen-bond donors (Lipinski definition) is 2. The van der Waals surface area contributed by atoms with Crippen molar-refractivity contribution < 1.29 is 28.8 Å². The molecule has 0 radical (unpaired) electrons. The van der Waals surface area contributed by atoms with Crippen molar-refractivity contribution in [3.63, 3.8) is 0 Å². The molecule has 1 aromatic carbocycles.